The van der Waals surface area contributed by atoms with E-state index in [9.17, 15) is 4.39 Å². The normalized spacial score (nSPS) is 10.7. The van der Waals surface area contributed by atoms with Crippen LogP contribution in [-0.2, 0) is 17.9 Å². The second kappa shape index (κ2) is 10.4. The van der Waals surface area contributed by atoms with Gasteiger partial charge in [-0.05, 0) is 30.7 Å². The molecule has 0 aliphatic rings. The zero-order valence-electron chi connectivity index (χ0n) is 14.5. The number of halogens is 2. The topological polar surface area (TPSA) is 39.7 Å². The predicted octanol–water partition coefficient (Wildman–Crippen LogP) is 4.30. The number of benzene rings is 2. The van der Waals surface area contributed by atoms with Crippen LogP contribution in [0.2, 0.25) is 0 Å². The van der Waals surface area contributed by atoms with E-state index in [0.29, 0.717) is 36.8 Å². The molecule has 6 heteroatoms. The van der Waals surface area contributed by atoms with Crippen LogP contribution in [0.1, 0.15) is 18.1 Å². The maximum Gasteiger partial charge on any atom is 0.162 e. The van der Waals surface area contributed by atoms with E-state index in [4.69, 9.17) is 14.2 Å². The summed E-state index contributed by atoms with van der Waals surface area (Å²) in [7, 11) is 1.67. The van der Waals surface area contributed by atoms with Gasteiger partial charge in [-0.25, -0.2) is 4.39 Å². The monoisotopic (exact) mass is 411 g/mol. The zero-order chi connectivity index (χ0) is 18.1. The van der Waals surface area contributed by atoms with Crippen LogP contribution in [-0.4, -0.2) is 26.9 Å². The van der Waals surface area contributed by atoms with E-state index >= 15 is 0 Å². The van der Waals surface area contributed by atoms with E-state index in [-0.39, 0.29) is 12.4 Å². The van der Waals surface area contributed by atoms with Crippen molar-refractivity contribution in [2.45, 2.75) is 20.1 Å². The van der Waals surface area contributed by atoms with Crippen molar-refractivity contribution in [3.63, 3.8) is 0 Å². The highest BCUT2D eigenvalue weighted by molar-refractivity contribution is 9.10. The Bertz CT molecular complexity index is 682. The van der Waals surface area contributed by atoms with Crippen molar-refractivity contribution in [2.24, 2.45) is 0 Å². The molecule has 0 spiro atoms. The van der Waals surface area contributed by atoms with Gasteiger partial charge in [-0.1, -0.05) is 34.1 Å². The van der Waals surface area contributed by atoms with Crippen LogP contribution < -0.4 is 14.8 Å². The molecule has 0 atom stereocenters. The van der Waals surface area contributed by atoms with Crippen LogP contribution in [0.25, 0.3) is 0 Å². The molecule has 0 radical (unpaired) electrons. The molecule has 2 aromatic carbocycles. The Labute approximate surface area is 156 Å². The number of nitrogens with one attached hydrogen (secondary N) is 1. The summed E-state index contributed by atoms with van der Waals surface area (Å²) in [4.78, 5) is 0. The van der Waals surface area contributed by atoms with Gasteiger partial charge in [0.05, 0.1) is 13.2 Å². The van der Waals surface area contributed by atoms with Crippen molar-refractivity contribution < 1.29 is 18.6 Å². The van der Waals surface area contributed by atoms with Crippen LogP contribution in [0.4, 0.5) is 4.39 Å². The second-order valence-corrected chi connectivity index (χ2v) is 6.23. The lowest BCUT2D eigenvalue weighted by molar-refractivity contribution is 0.199. The third-order valence-electron chi connectivity index (χ3n) is 3.55. The van der Waals surface area contributed by atoms with Gasteiger partial charge >= 0.3 is 0 Å². The van der Waals surface area contributed by atoms with Crippen LogP contribution in [0.15, 0.2) is 40.9 Å². The highest BCUT2D eigenvalue weighted by Gasteiger charge is 2.12. The first-order valence-corrected chi connectivity index (χ1v) is 8.96. The summed E-state index contributed by atoms with van der Waals surface area (Å²) in [5.41, 5.74) is 1.56. The van der Waals surface area contributed by atoms with Crippen molar-refractivity contribution in [1.82, 2.24) is 5.32 Å². The van der Waals surface area contributed by atoms with E-state index in [1.165, 1.54) is 6.07 Å². The van der Waals surface area contributed by atoms with Gasteiger partial charge in [0.25, 0.3) is 0 Å². The SMILES string of the molecule is CCOc1cc(CNCCOC)c(Br)cc1OCc1ccccc1F. The molecule has 0 amide bonds. The Morgan fingerprint density at radius 2 is 1.84 bits per heavy atom. The molecule has 0 aliphatic carbocycles. The third kappa shape index (κ3) is 5.99. The Morgan fingerprint density at radius 3 is 2.56 bits per heavy atom. The molecule has 0 bridgehead atoms. The van der Waals surface area contributed by atoms with Crippen molar-refractivity contribution >= 4 is 15.9 Å². The van der Waals surface area contributed by atoms with Gasteiger partial charge in [-0.3, -0.25) is 0 Å². The van der Waals surface area contributed by atoms with Gasteiger partial charge in [0.2, 0.25) is 0 Å². The molecule has 0 fully saturated rings. The summed E-state index contributed by atoms with van der Waals surface area (Å²) in [5, 5.41) is 3.30. The molecule has 0 aliphatic heterocycles. The van der Waals surface area contributed by atoms with E-state index < -0.39 is 0 Å². The van der Waals surface area contributed by atoms with Gasteiger partial charge in [0.15, 0.2) is 11.5 Å². The molecule has 0 saturated heterocycles. The fourth-order valence-corrected chi connectivity index (χ4v) is 2.72. The molecular formula is C19H23BrFNO3. The van der Waals surface area contributed by atoms with Crippen LogP contribution in [0.3, 0.4) is 0 Å². The minimum absolute atomic E-state index is 0.143. The number of rotatable bonds is 10. The molecule has 2 rings (SSSR count). The Balaban J connectivity index is 2.11. The average Bonchev–Trinajstić information content (AvgIpc) is 2.61. The van der Waals surface area contributed by atoms with Gasteiger partial charge in [0.1, 0.15) is 12.4 Å². The molecule has 0 unspecified atom stereocenters. The minimum atomic E-state index is -0.279. The maximum atomic E-state index is 13.7. The number of hydrogen-bond donors (Lipinski definition) is 1. The third-order valence-corrected chi connectivity index (χ3v) is 4.29. The second-order valence-electron chi connectivity index (χ2n) is 5.37. The van der Waals surface area contributed by atoms with Crippen molar-refractivity contribution in [3.8, 4) is 11.5 Å². The Kier molecular flexibility index (Phi) is 8.18. The molecule has 1 N–H and O–H groups in total. The quantitative estimate of drug-likeness (QED) is 0.591. The lowest BCUT2D eigenvalue weighted by atomic mass is 10.2. The predicted molar refractivity (Wildman–Crippen MR) is 99.6 cm³/mol. The summed E-state index contributed by atoms with van der Waals surface area (Å²) in [6.45, 7) is 4.67. The molecule has 0 heterocycles. The van der Waals surface area contributed by atoms with E-state index in [2.05, 4.69) is 21.2 Å². The Hall–Kier alpha value is -1.63. The molecule has 0 saturated carbocycles. The number of ether oxygens (including phenoxy) is 3. The van der Waals surface area contributed by atoms with E-state index in [0.717, 1.165) is 16.6 Å². The highest BCUT2D eigenvalue weighted by atomic mass is 79.9. The fraction of sp³-hybridized carbons (Fsp3) is 0.368. The Morgan fingerprint density at radius 1 is 1.08 bits per heavy atom. The number of methoxy groups -OCH3 is 1. The molecular weight excluding hydrogens is 389 g/mol. The van der Waals surface area contributed by atoms with Crippen LogP contribution >= 0.6 is 15.9 Å². The lowest BCUT2D eigenvalue weighted by Gasteiger charge is -2.15. The van der Waals surface area contributed by atoms with Gasteiger partial charge in [-0.15, -0.1) is 0 Å². The van der Waals surface area contributed by atoms with Gasteiger partial charge < -0.3 is 19.5 Å². The zero-order valence-corrected chi connectivity index (χ0v) is 16.1. The summed E-state index contributed by atoms with van der Waals surface area (Å²) in [5.74, 6) is 0.946. The fourth-order valence-electron chi connectivity index (χ4n) is 2.26. The van der Waals surface area contributed by atoms with Crippen LogP contribution in [0.5, 0.6) is 11.5 Å². The first-order valence-electron chi connectivity index (χ1n) is 8.16. The first-order chi connectivity index (χ1) is 12.2. The van der Waals surface area contributed by atoms with Gasteiger partial charge in [0, 0.05) is 30.2 Å². The van der Waals surface area contributed by atoms with Gasteiger partial charge in [-0.2, -0.15) is 0 Å². The molecule has 0 aromatic heterocycles. The molecule has 2 aromatic rings. The summed E-state index contributed by atoms with van der Waals surface area (Å²) >= 11 is 3.56. The van der Waals surface area contributed by atoms with Crippen molar-refractivity contribution in [1.29, 1.82) is 0 Å². The summed E-state index contributed by atoms with van der Waals surface area (Å²) < 4.78 is 31.2. The minimum Gasteiger partial charge on any atom is -0.490 e. The standard InChI is InChI=1S/C19H23BrFNO3/c1-3-24-18-10-15(12-22-8-9-23-2)16(20)11-19(18)25-13-14-6-4-5-7-17(14)21/h4-7,10-11,22H,3,8-9,12-13H2,1-2H3. The summed E-state index contributed by atoms with van der Waals surface area (Å²) in [6.07, 6.45) is 0. The molecule has 4 nitrogen and oxygen atoms in total. The summed E-state index contributed by atoms with van der Waals surface area (Å²) in [6, 6.07) is 10.4. The smallest absolute Gasteiger partial charge is 0.162 e. The van der Waals surface area contributed by atoms with Crippen molar-refractivity contribution in [2.75, 3.05) is 26.9 Å². The highest BCUT2D eigenvalue weighted by Crippen LogP contribution is 2.34. The van der Waals surface area contributed by atoms with Crippen molar-refractivity contribution in [3.05, 3.63) is 57.8 Å². The first kappa shape index (κ1) is 19.7. The average molecular weight is 412 g/mol. The molecule has 136 valence electrons. The van der Waals surface area contributed by atoms with E-state index in [1.807, 2.05) is 19.1 Å². The van der Waals surface area contributed by atoms with E-state index in [1.54, 1.807) is 25.3 Å². The number of hydrogen-bond acceptors (Lipinski definition) is 4. The maximum absolute atomic E-state index is 13.7. The molecule has 25 heavy (non-hydrogen) atoms. The van der Waals surface area contributed by atoms with Crippen LogP contribution in [0, 0.1) is 5.82 Å². The largest absolute Gasteiger partial charge is 0.490 e. The lowest BCUT2D eigenvalue weighted by Crippen LogP contribution is -2.18.